The molecule has 0 saturated heterocycles. The average molecular weight is 324 g/mol. The molecule has 0 aliphatic carbocycles. The number of hydrogen-bond acceptors (Lipinski definition) is 5. The second kappa shape index (κ2) is 7.00. The largest absolute Gasteiger partial charge is 0.332 e. The maximum atomic E-state index is 12.1. The van der Waals surface area contributed by atoms with Crippen LogP contribution >= 0.6 is 22.7 Å². The lowest BCUT2D eigenvalue weighted by Crippen LogP contribution is -2.38. The molecule has 2 aromatic heterocycles. The van der Waals surface area contributed by atoms with Crippen molar-refractivity contribution in [3.05, 3.63) is 32.2 Å². The summed E-state index contributed by atoms with van der Waals surface area (Å²) in [5.74, 6) is 0.240. The van der Waals surface area contributed by atoms with E-state index in [4.69, 9.17) is 0 Å². The highest BCUT2D eigenvalue weighted by molar-refractivity contribution is 7.11. The Kier molecular flexibility index (Phi) is 5.30. The van der Waals surface area contributed by atoms with Crippen LogP contribution in [0, 0.1) is 13.8 Å². The van der Waals surface area contributed by atoms with E-state index in [1.807, 2.05) is 19.2 Å². The van der Waals surface area contributed by atoms with Crippen molar-refractivity contribution in [3.63, 3.8) is 0 Å². The molecule has 0 aliphatic rings. The fourth-order valence-corrected chi connectivity index (χ4v) is 3.60. The lowest BCUT2D eigenvalue weighted by molar-refractivity contribution is 0.206. The van der Waals surface area contributed by atoms with Gasteiger partial charge < -0.3 is 10.2 Å². The SMILES string of the molecule is Cc1nc(CNC(=O)N(C)C[C@@H](C)c2nccs2)c(C)s1. The summed E-state index contributed by atoms with van der Waals surface area (Å²) in [5, 5.41) is 6.96. The summed E-state index contributed by atoms with van der Waals surface area (Å²) in [4.78, 5) is 23.7. The highest BCUT2D eigenvalue weighted by atomic mass is 32.1. The molecule has 5 nitrogen and oxygen atoms in total. The van der Waals surface area contributed by atoms with Crippen molar-refractivity contribution in [3.8, 4) is 0 Å². The molecule has 21 heavy (non-hydrogen) atoms. The van der Waals surface area contributed by atoms with Crippen LogP contribution in [0.4, 0.5) is 4.79 Å². The van der Waals surface area contributed by atoms with E-state index in [0.717, 1.165) is 20.6 Å². The summed E-state index contributed by atoms with van der Waals surface area (Å²) in [6.07, 6.45) is 1.80. The first-order chi connectivity index (χ1) is 9.97. The van der Waals surface area contributed by atoms with Crippen molar-refractivity contribution in [1.29, 1.82) is 0 Å². The maximum absolute atomic E-state index is 12.1. The topological polar surface area (TPSA) is 58.1 Å². The van der Waals surface area contributed by atoms with Gasteiger partial charge in [0.05, 0.1) is 22.3 Å². The van der Waals surface area contributed by atoms with E-state index in [1.165, 1.54) is 0 Å². The van der Waals surface area contributed by atoms with E-state index in [2.05, 4.69) is 22.2 Å². The Hall–Kier alpha value is -1.47. The van der Waals surface area contributed by atoms with Crippen LogP contribution < -0.4 is 5.32 Å². The fraction of sp³-hybridized carbons (Fsp3) is 0.500. The van der Waals surface area contributed by atoms with Crippen LogP contribution in [0.2, 0.25) is 0 Å². The Morgan fingerprint density at radius 3 is 2.81 bits per heavy atom. The standard InChI is InChI=1S/C14H20N4OS2/c1-9(13-15-5-6-20-13)8-18(4)14(19)16-7-12-10(2)21-11(3)17-12/h5-6,9H,7-8H2,1-4H3,(H,16,19)/t9-/m1/s1. The van der Waals surface area contributed by atoms with Gasteiger partial charge in [-0.05, 0) is 13.8 Å². The highest BCUT2D eigenvalue weighted by Crippen LogP contribution is 2.18. The number of urea groups is 1. The molecular weight excluding hydrogens is 304 g/mol. The summed E-state index contributed by atoms with van der Waals surface area (Å²) in [6.45, 7) is 7.21. The van der Waals surface area contributed by atoms with Crippen molar-refractivity contribution in [2.24, 2.45) is 0 Å². The molecule has 7 heteroatoms. The summed E-state index contributed by atoms with van der Waals surface area (Å²) in [7, 11) is 1.80. The number of thiazole rings is 2. The third-order valence-corrected chi connectivity index (χ3v) is 5.11. The second-order valence-corrected chi connectivity index (χ2v) is 7.38. The van der Waals surface area contributed by atoms with Gasteiger partial charge in [-0.2, -0.15) is 0 Å². The van der Waals surface area contributed by atoms with E-state index < -0.39 is 0 Å². The minimum atomic E-state index is -0.0801. The van der Waals surface area contributed by atoms with E-state index in [9.17, 15) is 4.79 Å². The van der Waals surface area contributed by atoms with E-state index in [0.29, 0.717) is 13.1 Å². The Bertz CT molecular complexity index is 594. The Balaban J connectivity index is 1.84. The first-order valence-corrected chi connectivity index (χ1v) is 8.48. The minimum Gasteiger partial charge on any atom is -0.332 e. The van der Waals surface area contributed by atoms with Gasteiger partial charge in [-0.1, -0.05) is 6.92 Å². The number of nitrogens with zero attached hydrogens (tertiary/aromatic N) is 3. The lowest BCUT2D eigenvalue weighted by atomic mass is 10.2. The quantitative estimate of drug-likeness (QED) is 0.919. The van der Waals surface area contributed by atoms with E-state index in [1.54, 1.807) is 40.8 Å². The Morgan fingerprint density at radius 1 is 1.48 bits per heavy atom. The van der Waals surface area contributed by atoms with Gasteiger partial charge >= 0.3 is 6.03 Å². The zero-order valence-corrected chi connectivity index (χ0v) is 14.3. The third-order valence-electron chi connectivity index (χ3n) is 3.17. The number of aryl methyl sites for hydroxylation is 2. The van der Waals surface area contributed by atoms with Crippen molar-refractivity contribution < 1.29 is 4.79 Å². The Labute approximate surface area is 133 Å². The van der Waals surface area contributed by atoms with Gasteiger partial charge in [-0.3, -0.25) is 0 Å². The molecule has 0 radical (unpaired) electrons. The number of aromatic nitrogens is 2. The van der Waals surface area contributed by atoms with Gasteiger partial charge in [-0.25, -0.2) is 14.8 Å². The molecule has 0 spiro atoms. The second-order valence-electron chi connectivity index (χ2n) is 5.05. The molecule has 0 aromatic carbocycles. The number of likely N-dealkylation sites (N-methyl/N-ethyl adjacent to an activating group) is 1. The number of rotatable bonds is 5. The maximum Gasteiger partial charge on any atom is 0.317 e. The van der Waals surface area contributed by atoms with Gasteiger partial charge in [0.1, 0.15) is 0 Å². The van der Waals surface area contributed by atoms with Gasteiger partial charge in [0.25, 0.3) is 0 Å². The summed E-state index contributed by atoms with van der Waals surface area (Å²) in [5.41, 5.74) is 0.951. The van der Waals surface area contributed by atoms with Crippen LogP contribution in [0.1, 0.15) is 33.4 Å². The number of carbonyl (C=O) groups is 1. The van der Waals surface area contributed by atoms with Gasteiger partial charge in [0.15, 0.2) is 0 Å². The monoisotopic (exact) mass is 324 g/mol. The minimum absolute atomic E-state index is 0.0801. The van der Waals surface area contributed by atoms with Crippen molar-refractivity contribution in [2.75, 3.05) is 13.6 Å². The first-order valence-electron chi connectivity index (χ1n) is 6.78. The summed E-state index contributed by atoms with van der Waals surface area (Å²) < 4.78 is 0. The molecule has 0 saturated carbocycles. The Morgan fingerprint density at radius 2 is 2.24 bits per heavy atom. The van der Waals surface area contributed by atoms with E-state index >= 15 is 0 Å². The molecule has 0 aliphatic heterocycles. The van der Waals surface area contributed by atoms with Crippen LogP contribution in [0.15, 0.2) is 11.6 Å². The molecule has 2 aromatic rings. The van der Waals surface area contributed by atoms with Crippen LogP contribution in [0.3, 0.4) is 0 Å². The molecule has 0 fully saturated rings. The van der Waals surface area contributed by atoms with Crippen LogP contribution in [-0.4, -0.2) is 34.5 Å². The molecule has 0 unspecified atom stereocenters. The predicted octanol–water partition coefficient (Wildman–Crippen LogP) is 3.16. The molecule has 1 atom stereocenters. The summed E-state index contributed by atoms with van der Waals surface area (Å²) in [6, 6.07) is -0.0801. The van der Waals surface area contributed by atoms with Crippen LogP contribution in [0.5, 0.6) is 0 Å². The van der Waals surface area contributed by atoms with Gasteiger partial charge in [0, 0.05) is 36.0 Å². The average Bonchev–Trinajstić information content (AvgIpc) is 3.05. The third kappa shape index (κ3) is 4.25. The number of amides is 2. The zero-order valence-electron chi connectivity index (χ0n) is 12.7. The van der Waals surface area contributed by atoms with E-state index in [-0.39, 0.29) is 11.9 Å². The molecule has 114 valence electrons. The van der Waals surface area contributed by atoms with Crippen molar-refractivity contribution in [2.45, 2.75) is 33.2 Å². The van der Waals surface area contributed by atoms with Crippen molar-refractivity contribution >= 4 is 28.7 Å². The number of nitrogens with one attached hydrogen (secondary N) is 1. The smallest absolute Gasteiger partial charge is 0.317 e. The normalized spacial score (nSPS) is 12.2. The fourth-order valence-electron chi connectivity index (χ4n) is 2.08. The van der Waals surface area contributed by atoms with Crippen LogP contribution in [-0.2, 0) is 6.54 Å². The zero-order chi connectivity index (χ0) is 15.4. The number of hydrogen-bond donors (Lipinski definition) is 1. The summed E-state index contributed by atoms with van der Waals surface area (Å²) >= 11 is 3.28. The molecule has 1 N–H and O–H groups in total. The predicted molar refractivity (Wildman–Crippen MR) is 87.0 cm³/mol. The lowest BCUT2D eigenvalue weighted by Gasteiger charge is -2.20. The first kappa shape index (κ1) is 15.9. The molecule has 2 amide bonds. The van der Waals surface area contributed by atoms with Gasteiger partial charge in [-0.15, -0.1) is 22.7 Å². The molecule has 0 bridgehead atoms. The molecule has 2 rings (SSSR count). The van der Waals surface area contributed by atoms with Crippen LogP contribution in [0.25, 0.3) is 0 Å². The molecular formula is C14H20N4OS2. The highest BCUT2D eigenvalue weighted by Gasteiger charge is 2.16. The number of carbonyl (C=O) groups excluding carboxylic acids is 1. The van der Waals surface area contributed by atoms with Gasteiger partial charge in [0.2, 0.25) is 0 Å². The van der Waals surface area contributed by atoms with Crippen molar-refractivity contribution in [1.82, 2.24) is 20.2 Å². The molecule has 2 heterocycles.